The SMILES string of the molecule is C=CCOc1ccc(C(=O)N(C)Cc2ccc(OC(F)F)cc2)cc1OC. The molecule has 0 aliphatic rings. The number of ether oxygens (including phenoxy) is 3. The summed E-state index contributed by atoms with van der Waals surface area (Å²) in [4.78, 5) is 14.2. The molecule has 0 unspecified atom stereocenters. The molecule has 2 aromatic rings. The van der Waals surface area contributed by atoms with Gasteiger partial charge in [0, 0.05) is 19.2 Å². The zero-order valence-corrected chi connectivity index (χ0v) is 15.2. The maximum absolute atomic E-state index is 12.6. The van der Waals surface area contributed by atoms with Crippen molar-refractivity contribution in [3.05, 3.63) is 66.2 Å². The number of methoxy groups -OCH3 is 1. The van der Waals surface area contributed by atoms with E-state index in [0.29, 0.717) is 30.2 Å². The van der Waals surface area contributed by atoms with Crippen LogP contribution in [0.15, 0.2) is 55.1 Å². The summed E-state index contributed by atoms with van der Waals surface area (Å²) in [6, 6.07) is 11.1. The second-order valence-corrected chi connectivity index (χ2v) is 5.65. The van der Waals surface area contributed by atoms with Crippen molar-refractivity contribution in [1.82, 2.24) is 4.90 Å². The third-order valence-electron chi connectivity index (χ3n) is 3.68. The molecule has 0 N–H and O–H groups in total. The van der Waals surface area contributed by atoms with Crippen LogP contribution in [0.25, 0.3) is 0 Å². The van der Waals surface area contributed by atoms with Crippen LogP contribution in [0.2, 0.25) is 0 Å². The minimum Gasteiger partial charge on any atom is -0.493 e. The van der Waals surface area contributed by atoms with Crippen LogP contribution in [0.4, 0.5) is 8.78 Å². The number of amides is 1. The van der Waals surface area contributed by atoms with Crippen molar-refractivity contribution >= 4 is 5.91 Å². The number of carbonyl (C=O) groups is 1. The normalized spacial score (nSPS) is 10.4. The molecular formula is C20H21F2NO4. The number of benzene rings is 2. The monoisotopic (exact) mass is 377 g/mol. The minimum atomic E-state index is -2.87. The molecule has 0 radical (unpaired) electrons. The molecule has 2 aromatic carbocycles. The number of hydrogen-bond donors (Lipinski definition) is 0. The first-order chi connectivity index (χ1) is 12.9. The Bertz CT molecular complexity index is 778. The summed E-state index contributed by atoms with van der Waals surface area (Å²) >= 11 is 0. The zero-order valence-electron chi connectivity index (χ0n) is 15.2. The highest BCUT2D eigenvalue weighted by Gasteiger charge is 2.15. The van der Waals surface area contributed by atoms with Gasteiger partial charge < -0.3 is 19.1 Å². The molecule has 0 fully saturated rings. The second kappa shape index (κ2) is 9.56. The van der Waals surface area contributed by atoms with E-state index in [-0.39, 0.29) is 11.7 Å². The molecule has 7 heteroatoms. The van der Waals surface area contributed by atoms with Gasteiger partial charge in [0.1, 0.15) is 12.4 Å². The van der Waals surface area contributed by atoms with Crippen molar-refractivity contribution in [1.29, 1.82) is 0 Å². The van der Waals surface area contributed by atoms with Crippen molar-refractivity contribution in [2.75, 3.05) is 20.8 Å². The first-order valence-electron chi connectivity index (χ1n) is 8.15. The molecule has 0 saturated carbocycles. The lowest BCUT2D eigenvalue weighted by molar-refractivity contribution is -0.0498. The molecular weight excluding hydrogens is 356 g/mol. The molecule has 0 heterocycles. The highest BCUT2D eigenvalue weighted by atomic mass is 19.3. The summed E-state index contributed by atoms with van der Waals surface area (Å²) in [5.74, 6) is 0.829. The smallest absolute Gasteiger partial charge is 0.387 e. The molecule has 2 rings (SSSR count). The summed E-state index contributed by atoms with van der Waals surface area (Å²) in [6.07, 6.45) is 1.61. The number of rotatable bonds is 9. The van der Waals surface area contributed by atoms with Crippen LogP contribution in [0.3, 0.4) is 0 Å². The van der Waals surface area contributed by atoms with E-state index < -0.39 is 6.61 Å². The molecule has 27 heavy (non-hydrogen) atoms. The Morgan fingerprint density at radius 1 is 1.19 bits per heavy atom. The average molecular weight is 377 g/mol. The first-order valence-corrected chi connectivity index (χ1v) is 8.15. The van der Waals surface area contributed by atoms with Crippen LogP contribution >= 0.6 is 0 Å². The quantitative estimate of drug-likeness (QED) is 0.617. The highest BCUT2D eigenvalue weighted by Crippen LogP contribution is 2.28. The minimum absolute atomic E-state index is 0.0718. The lowest BCUT2D eigenvalue weighted by Gasteiger charge is -2.18. The van der Waals surface area contributed by atoms with Gasteiger partial charge in [-0.3, -0.25) is 4.79 Å². The van der Waals surface area contributed by atoms with Crippen molar-refractivity contribution < 1.29 is 27.8 Å². The molecule has 1 amide bonds. The van der Waals surface area contributed by atoms with E-state index in [1.807, 2.05) is 0 Å². The fraction of sp³-hybridized carbons (Fsp3) is 0.250. The van der Waals surface area contributed by atoms with Crippen LogP contribution in [0.1, 0.15) is 15.9 Å². The van der Waals surface area contributed by atoms with Crippen molar-refractivity contribution in [2.24, 2.45) is 0 Å². The van der Waals surface area contributed by atoms with Crippen LogP contribution in [0.5, 0.6) is 17.2 Å². The second-order valence-electron chi connectivity index (χ2n) is 5.65. The Hall–Kier alpha value is -3.09. The fourth-order valence-electron chi connectivity index (χ4n) is 2.41. The first kappa shape index (κ1) is 20.2. The number of alkyl halides is 2. The Morgan fingerprint density at radius 3 is 2.48 bits per heavy atom. The number of nitrogens with zero attached hydrogens (tertiary/aromatic N) is 1. The van der Waals surface area contributed by atoms with E-state index in [9.17, 15) is 13.6 Å². The van der Waals surface area contributed by atoms with Gasteiger partial charge in [0.05, 0.1) is 7.11 Å². The molecule has 0 aliphatic heterocycles. The predicted molar refractivity (Wildman–Crippen MR) is 97.6 cm³/mol. The summed E-state index contributed by atoms with van der Waals surface area (Å²) in [5.41, 5.74) is 1.23. The Balaban J connectivity index is 2.06. The van der Waals surface area contributed by atoms with Crippen molar-refractivity contribution in [2.45, 2.75) is 13.2 Å². The Labute approximate surface area is 156 Å². The fourth-order valence-corrected chi connectivity index (χ4v) is 2.41. The van der Waals surface area contributed by atoms with Crippen LogP contribution < -0.4 is 14.2 Å². The predicted octanol–water partition coefficient (Wildman–Crippen LogP) is 4.13. The summed E-state index contributed by atoms with van der Waals surface area (Å²) < 4.78 is 39.4. The van der Waals surface area contributed by atoms with Crippen molar-refractivity contribution in [3.63, 3.8) is 0 Å². The van der Waals surface area contributed by atoms with E-state index in [1.165, 1.54) is 24.1 Å². The van der Waals surface area contributed by atoms with Gasteiger partial charge in [-0.1, -0.05) is 24.8 Å². The molecule has 144 valence electrons. The summed E-state index contributed by atoms with van der Waals surface area (Å²) in [6.45, 7) is 1.36. The lowest BCUT2D eigenvalue weighted by Crippen LogP contribution is -2.26. The highest BCUT2D eigenvalue weighted by molar-refractivity contribution is 5.94. The van der Waals surface area contributed by atoms with E-state index in [0.717, 1.165) is 5.56 Å². The molecule has 0 bridgehead atoms. The van der Waals surface area contributed by atoms with E-state index in [1.54, 1.807) is 43.5 Å². The Morgan fingerprint density at radius 2 is 1.89 bits per heavy atom. The number of carbonyl (C=O) groups excluding carboxylic acids is 1. The maximum Gasteiger partial charge on any atom is 0.387 e. The lowest BCUT2D eigenvalue weighted by atomic mass is 10.1. The van der Waals surface area contributed by atoms with Crippen LogP contribution in [-0.4, -0.2) is 38.2 Å². The maximum atomic E-state index is 12.6. The summed E-state index contributed by atoms with van der Waals surface area (Å²) in [5, 5.41) is 0. The number of hydrogen-bond acceptors (Lipinski definition) is 4. The zero-order chi connectivity index (χ0) is 19.8. The van der Waals surface area contributed by atoms with Gasteiger partial charge in [0.2, 0.25) is 0 Å². The Kier molecular flexibility index (Phi) is 7.16. The van der Waals surface area contributed by atoms with E-state index in [4.69, 9.17) is 9.47 Å². The standard InChI is InChI=1S/C20H21F2NO4/c1-4-11-26-17-10-7-15(12-18(17)25-3)19(24)23(2)13-14-5-8-16(9-6-14)27-20(21)22/h4-10,12,20H,1,11,13H2,2-3H3. The van der Waals surface area contributed by atoms with Crippen molar-refractivity contribution in [3.8, 4) is 17.2 Å². The van der Waals surface area contributed by atoms with Gasteiger partial charge in [0.25, 0.3) is 5.91 Å². The van der Waals surface area contributed by atoms with Gasteiger partial charge in [-0.05, 0) is 35.9 Å². The molecule has 0 aliphatic carbocycles. The van der Waals surface area contributed by atoms with Crippen LogP contribution in [0, 0.1) is 0 Å². The third kappa shape index (κ3) is 5.70. The van der Waals surface area contributed by atoms with Gasteiger partial charge >= 0.3 is 6.61 Å². The number of halogens is 2. The van der Waals surface area contributed by atoms with Gasteiger partial charge in [0.15, 0.2) is 11.5 Å². The van der Waals surface area contributed by atoms with Gasteiger partial charge in [-0.2, -0.15) is 8.78 Å². The topological polar surface area (TPSA) is 48.0 Å². The molecule has 0 saturated heterocycles. The van der Waals surface area contributed by atoms with Crippen LogP contribution in [-0.2, 0) is 6.54 Å². The molecule has 0 spiro atoms. The average Bonchev–Trinajstić information content (AvgIpc) is 2.66. The summed E-state index contributed by atoms with van der Waals surface area (Å²) in [7, 11) is 3.15. The molecule has 5 nitrogen and oxygen atoms in total. The van der Waals surface area contributed by atoms with E-state index in [2.05, 4.69) is 11.3 Å². The van der Waals surface area contributed by atoms with Gasteiger partial charge in [-0.25, -0.2) is 0 Å². The third-order valence-corrected chi connectivity index (χ3v) is 3.68. The van der Waals surface area contributed by atoms with Gasteiger partial charge in [-0.15, -0.1) is 0 Å². The molecule has 0 aromatic heterocycles. The van der Waals surface area contributed by atoms with E-state index >= 15 is 0 Å². The molecule has 0 atom stereocenters. The largest absolute Gasteiger partial charge is 0.493 e.